The Bertz CT molecular complexity index is 657. The first-order chi connectivity index (χ1) is 11.3. The average molecular weight is 326 g/mol. The fourth-order valence-corrected chi connectivity index (χ4v) is 2.49. The number of rotatable bonds is 6. The van der Waals surface area contributed by atoms with Crippen LogP contribution in [0, 0.1) is 12.3 Å². The van der Waals surface area contributed by atoms with Gasteiger partial charge in [-0.25, -0.2) is 9.97 Å². The van der Waals surface area contributed by atoms with Crippen LogP contribution in [0.2, 0.25) is 0 Å². The van der Waals surface area contributed by atoms with Gasteiger partial charge in [0, 0.05) is 17.5 Å². The SMILES string of the molecule is CCC(C)c1cnc(-c2ccc(OCCC(C)(C)C)cc2)nc1C. The summed E-state index contributed by atoms with van der Waals surface area (Å²) < 4.78 is 5.82. The van der Waals surface area contributed by atoms with Crippen LogP contribution in [0.3, 0.4) is 0 Å². The zero-order valence-corrected chi connectivity index (χ0v) is 15.9. The van der Waals surface area contributed by atoms with E-state index in [1.54, 1.807) is 0 Å². The molecule has 0 aliphatic carbocycles. The molecule has 2 aromatic rings. The van der Waals surface area contributed by atoms with Gasteiger partial charge >= 0.3 is 0 Å². The summed E-state index contributed by atoms with van der Waals surface area (Å²) >= 11 is 0. The van der Waals surface area contributed by atoms with Crippen LogP contribution in [-0.2, 0) is 0 Å². The van der Waals surface area contributed by atoms with E-state index in [9.17, 15) is 0 Å². The van der Waals surface area contributed by atoms with Crippen molar-refractivity contribution in [2.75, 3.05) is 6.61 Å². The van der Waals surface area contributed by atoms with Gasteiger partial charge < -0.3 is 4.74 Å². The van der Waals surface area contributed by atoms with Gasteiger partial charge in [-0.1, -0.05) is 34.6 Å². The standard InChI is InChI=1S/C21H30N2O/c1-7-15(2)19-14-22-20(23-16(19)3)17-8-10-18(11-9-17)24-13-12-21(4,5)6/h8-11,14-15H,7,12-13H2,1-6H3. The molecule has 0 fully saturated rings. The molecule has 3 heteroatoms. The Morgan fingerprint density at radius 3 is 2.33 bits per heavy atom. The van der Waals surface area contributed by atoms with E-state index in [2.05, 4.69) is 51.5 Å². The maximum absolute atomic E-state index is 5.82. The van der Waals surface area contributed by atoms with Crippen LogP contribution < -0.4 is 4.74 Å². The first-order valence-corrected chi connectivity index (χ1v) is 8.87. The van der Waals surface area contributed by atoms with Gasteiger partial charge in [0.25, 0.3) is 0 Å². The van der Waals surface area contributed by atoms with Gasteiger partial charge in [-0.15, -0.1) is 0 Å². The van der Waals surface area contributed by atoms with Gasteiger partial charge in [0.15, 0.2) is 5.82 Å². The number of hydrogen-bond acceptors (Lipinski definition) is 3. The first-order valence-electron chi connectivity index (χ1n) is 8.87. The molecule has 0 saturated heterocycles. The fraction of sp³-hybridized carbons (Fsp3) is 0.524. The third-order valence-corrected chi connectivity index (χ3v) is 4.39. The molecular formula is C21H30N2O. The van der Waals surface area contributed by atoms with E-state index in [0.29, 0.717) is 11.3 Å². The topological polar surface area (TPSA) is 35.0 Å². The minimum absolute atomic E-state index is 0.294. The fourth-order valence-electron chi connectivity index (χ4n) is 2.49. The second kappa shape index (κ2) is 7.78. The Hall–Kier alpha value is -1.90. The van der Waals surface area contributed by atoms with Gasteiger partial charge in [-0.3, -0.25) is 0 Å². The molecule has 0 bridgehead atoms. The predicted molar refractivity (Wildman–Crippen MR) is 100 cm³/mol. The summed E-state index contributed by atoms with van der Waals surface area (Å²) in [4.78, 5) is 9.24. The molecule has 0 N–H and O–H groups in total. The summed E-state index contributed by atoms with van der Waals surface area (Å²) in [5, 5.41) is 0. The van der Waals surface area contributed by atoms with Crippen LogP contribution in [0.1, 0.15) is 64.6 Å². The van der Waals surface area contributed by atoms with Crippen molar-refractivity contribution in [3.63, 3.8) is 0 Å². The van der Waals surface area contributed by atoms with Crippen LogP contribution in [0.5, 0.6) is 5.75 Å². The summed E-state index contributed by atoms with van der Waals surface area (Å²) in [6.45, 7) is 13.9. The summed E-state index contributed by atoms with van der Waals surface area (Å²) in [5.74, 6) is 2.18. The smallest absolute Gasteiger partial charge is 0.159 e. The molecule has 0 saturated carbocycles. The van der Waals surface area contributed by atoms with Crippen molar-refractivity contribution in [1.82, 2.24) is 9.97 Å². The molecule has 130 valence electrons. The molecule has 1 heterocycles. The van der Waals surface area contributed by atoms with Gasteiger partial charge in [-0.2, -0.15) is 0 Å². The zero-order chi connectivity index (χ0) is 17.7. The van der Waals surface area contributed by atoms with Crippen LogP contribution >= 0.6 is 0 Å². The van der Waals surface area contributed by atoms with Crippen molar-refractivity contribution >= 4 is 0 Å². The van der Waals surface area contributed by atoms with Crippen LogP contribution in [-0.4, -0.2) is 16.6 Å². The molecule has 0 spiro atoms. The molecule has 0 radical (unpaired) electrons. The monoisotopic (exact) mass is 326 g/mol. The van der Waals surface area contributed by atoms with Crippen molar-refractivity contribution < 1.29 is 4.74 Å². The maximum Gasteiger partial charge on any atom is 0.159 e. The van der Waals surface area contributed by atoms with E-state index >= 15 is 0 Å². The van der Waals surface area contributed by atoms with Crippen LogP contribution in [0.25, 0.3) is 11.4 Å². The van der Waals surface area contributed by atoms with Crippen molar-refractivity contribution in [3.05, 3.63) is 41.7 Å². The van der Waals surface area contributed by atoms with Crippen molar-refractivity contribution in [2.45, 2.75) is 60.3 Å². The summed E-state index contributed by atoms with van der Waals surface area (Å²) in [6, 6.07) is 8.06. The molecule has 1 aromatic carbocycles. The molecule has 3 nitrogen and oxygen atoms in total. The number of aromatic nitrogens is 2. The number of hydrogen-bond donors (Lipinski definition) is 0. The molecule has 24 heavy (non-hydrogen) atoms. The number of benzene rings is 1. The highest BCUT2D eigenvalue weighted by atomic mass is 16.5. The van der Waals surface area contributed by atoms with Crippen molar-refractivity contribution in [3.8, 4) is 17.1 Å². The van der Waals surface area contributed by atoms with Crippen molar-refractivity contribution in [2.24, 2.45) is 5.41 Å². The highest BCUT2D eigenvalue weighted by Gasteiger charge is 2.11. The van der Waals surface area contributed by atoms with E-state index in [4.69, 9.17) is 4.74 Å². The Morgan fingerprint density at radius 2 is 1.79 bits per heavy atom. The molecular weight excluding hydrogens is 296 g/mol. The highest BCUT2D eigenvalue weighted by molar-refractivity contribution is 5.56. The molecule has 0 aliphatic heterocycles. The molecule has 1 aromatic heterocycles. The minimum Gasteiger partial charge on any atom is -0.494 e. The lowest BCUT2D eigenvalue weighted by molar-refractivity contribution is 0.243. The molecule has 1 unspecified atom stereocenters. The Balaban J connectivity index is 2.06. The summed E-state index contributed by atoms with van der Waals surface area (Å²) in [7, 11) is 0. The Labute approximate surface area is 146 Å². The lowest BCUT2D eigenvalue weighted by Crippen LogP contribution is -2.11. The number of nitrogens with zero attached hydrogens (tertiary/aromatic N) is 2. The van der Waals surface area contributed by atoms with Gasteiger partial charge in [0.2, 0.25) is 0 Å². The number of ether oxygens (including phenoxy) is 1. The Morgan fingerprint density at radius 1 is 1.12 bits per heavy atom. The average Bonchev–Trinajstić information content (AvgIpc) is 2.53. The highest BCUT2D eigenvalue weighted by Crippen LogP contribution is 2.25. The van der Waals surface area contributed by atoms with Gasteiger partial charge in [-0.05, 0) is 60.9 Å². The van der Waals surface area contributed by atoms with Crippen LogP contribution in [0.4, 0.5) is 0 Å². The lowest BCUT2D eigenvalue weighted by Gasteiger charge is -2.18. The minimum atomic E-state index is 0.294. The van der Waals surface area contributed by atoms with E-state index in [0.717, 1.165) is 42.3 Å². The second-order valence-corrected chi connectivity index (χ2v) is 7.73. The summed E-state index contributed by atoms with van der Waals surface area (Å²) in [6.07, 6.45) is 4.11. The van der Waals surface area contributed by atoms with E-state index in [1.807, 2.05) is 30.5 Å². The molecule has 2 rings (SSSR count). The van der Waals surface area contributed by atoms with Gasteiger partial charge in [0.05, 0.1) is 6.61 Å². The third kappa shape index (κ3) is 5.05. The Kier molecular flexibility index (Phi) is 5.98. The number of aryl methyl sites for hydroxylation is 1. The molecule has 1 atom stereocenters. The van der Waals surface area contributed by atoms with E-state index in [-0.39, 0.29) is 0 Å². The molecule has 0 amide bonds. The maximum atomic E-state index is 5.82. The molecule has 0 aliphatic rings. The predicted octanol–water partition coefficient (Wildman–Crippen LogP) is 5.78. The van der Waals surface area contributed by atoms with E-state index < -0.39 is 0 Å². The van der Waals surface area contributed by atoms with Crippen LogP contribution in [0.15, 0.2) is 30.5 Å². The normalized spacial score (nSPS) is 12.9. The van der Waals surface area contributed by atoms with E-state index in [1.165, 1.54) is 5.56 Å². The second-order valence-electron chi connectivity index (χ2n) is 7.73. The third-order valence-electron chi connectivity index (χ3n) is 4.39. The largest absolute Gasteiger partial charge is 0.494 e. The lowest BCUT2D eigenvalue weighted by atomic mass is 9.93. The summed E-state index contributed by atoms with van der Waals surface area (Å²) in [5.41, 5.74) is 3.63. The first kappa shape index (κ1) is 18.4. The quantitative estimate of drug-likeness (QED) is 0.675. The van der Waals surface area contributed by atoms with Gasteiger partial charge in [0.1, 0.15) is 5.75 Å². The van der Waals surface area contributed by atoms with Crippen molar-refractivity contribution in [1.29, 1.82) is 0 Å². The zero-order valence-electron chi connectivity index (χ0n) is 15.9.